The number of hydrogen-bond acceptors (Lipinski definition) is 4. The van der Waals surface area contributed by atoms with E-state index in [0.29, 0.717) is 24.1 Å². The summed E-state index contributed by atoms with van der Waals surface area (Å²) in [4.78, 5) is 11.0. The molecule has 1 aromatic carbocycles. The van der Waals surface area contributed by atoms with Gasteiger partial charge in [-0.2, -0.15) is 21.6 Å². The molecular formula is C12H13F3N2O4S. The molecule has 1 aliphatic heterocycles. The molecule has 0 bridgehead atoms. The number of rotatable bonds is 3. The van der Waals surface area contributed by atoms with Crippen molar-refractivity contribution in [3.8, 4) is 0 Å². The highest BCUT2D eigenvalue weighted by Crippen LogP contribution is 2.25. The summed E-state index contributed by atoms with van der Waals surface area (Å²) in [5, 5.41) is 4.96. The first-order valence-electron chi connectivity index (χ1n) is 6.26. The SMILES string of the molecule is O=C(CC(F)(F)F)NC1NCCc2ccc(S(=O)(=O)O)cc21. The van der Waals surface area contributed by atoms with Crippen molar-refractivity contribution in [2.24, 2.45) is 0 Å². The zero-order chi connectivity index (χ0) is 16.5. The Labute approximate surface area is 124 Å². The van der Waals surface area contributed by atoms with Crippen molar-refractivity contribution in [2.45, 2.75) is 30.1 Å². The Morgan fingerprint density at radius 3 is 2.68 bits per heavy atom. The van der Waals surface area contributed by atoms with Gasteiger partial charge in [0.2, 0.25) is 5.91 Å². The first-order valence-corrected chi connectivity index (χ1v) is 7.70. The molecule has 0 saturated heterocycles. The fourth-order valence-electron chi connectivity index (χ4n) is 2.21. The first kappa shape index (κ1) is 16.7. The normalized spacial score (nSPS) is 18.6. The average molecular weight is 338 g/mol. The highest BCUT2D eigenvalue weighted by molar-refractivity contribution is 7.85. The summed E-state index contributed by atoms with van der Waals surface area (Å²) < 4.78 is 67.8. The van der Waals surface area contributed by atoms with Crippen LogP contribution in [0.3, 0.4) is 0 Å². The zero-order valence-electron chi connectivity index (χ0n) is 11.1. The number of alkyl halides is 3. The average Bonchev–Trinajstić information content (AvgIpc) is 2.35. The smallest absolute Gasteiger partial charge is 0.336 e. The maximum Gasteiger partial charge on any atom is 0.397 e. The summed E-state index contributed by atoms with van der Waals surface area (Å²) in [6, 6.07) is 3.80. The molecule has 0 aromatic heterocycles. The Balaban J connectivity index is 2.25. The number of carbonyl (C=O) groups excluding carboxylic acids is 1. The highest BCUT2D eigenvalue weighted by Gasteiger charge is 2.33. The monoisotopic (exact) mass is 338 g/mol. The van der Waals surface area contributed by atoms with Crippen LogP contribution in [0.5, 0.6) is 0 Å². The summed E-state index contributed by atoms with van der Waals surface area (Å²) >= 11 is 0. The second kappa shape index (κ2) is 5.86. The van der Waals surface area contributed by atoms with Gasteiger partial charge in [-0.1, -0.05) is 6.07 Å². The summed E-state index contributed by atoms with van der Waals surface area (Å²) in [5.41, 5.74) is 1.00. The van der Waals surface area contributed by atoms with Crippen LogP contribution >= 0.6 is 0 Å². The van der Waals surface area contributed by atoms with Crippen molar-refractivity contribution >= 4 is 16.0 Å². The van der Waals surface area contributed by atoms with Gasteiger partial charge in [0.15, 0.2) is 0 Å². The lowest BCUT2D eigenvalue weighted by Crippen LogP contribution is -2.43. The second-order valence-corrected chi connectivity index (χ2v) is 6.25. The molecule has 10 heteroatoms. The van der Waals surface area contributed by atoms with E-state index in [2.05, 4.69) is 10.6 Å². The molecule has 6 nitrogen and oxygen atoms in total. The molecule has 0 radical (unpaired) electrons. The second-order valence-electron chi connectivity index (χ2n) is 4.83. The molecular weight excluding hydrogens is 325 g/mol. The maximum atomic E-state index is 12.2. The lowest BCUT2D eigenvalue weighted by atomic mass is 9.98. The summed E-state index contributed by atoms with van der Waals surface area (Å²) in [6.07, 6.45) is -6.68. The molecule has 22 heavy (non-hydrogen) atoms. The maximum absolute atomic E-state index is 12.2. The van der Waals surface area contributed by atoms with E-state index in [9.17, 15) is 26.4 Å². The van der Waals surface area contributed by atoms with Crippen LogP contribution in [-0.2, 0) is 21.3 Å². The Kier molecular flexibility index (Phi) is 4.45. The molecule has 1 atom stereocenters. The van der Waals surface area contributed by atoms with E-state index in [1.165, 1.54) is 12.1 Å². The molecule has 122 valence electrons. The topological polar surface area (TPSA) is 95.5 Å². The Morgan fingerprint density at radius 2 is 2.09 bits per heavy atom. The van der Waals surface area contributed by atoms with Gasteiger partial charge in [0.1, 0.15) is 12.6 Å². The quantitative estimate of drug-likeness (QED) is 0.719. The Hall–Kier alpha value is -1.65. The lowest BCUT2D eigenvalue weighted by molar-refractivity contribution is -0.154. The third kappa shape index (κ3) is 4.18. The third-order valence-electron chi connectivity index (χ3n) is 3.14. The van der Waals surface area contributed by atoms with Gasteiger partial charge in [0.05, 0.1) is 4.90 Å². The lowest BCUT2D eigenvalue weighted by Gasteiger charge is -2.28. The minimum atomic E-state index is -4.63. The molecule has 3 N–H and O–H groups in total. The van der Waals surface area contributed by atoms with Crippen molar-refractivity contribution in [3.63, 3.8) is 0 Å². The molecule has 1 aromatic rings. The van der Waals surface area contributed by atoms with Gasteiger partial charge in [-0.05, 0) is 29.7 Å². The molecule has 0 spiro atoms. The molecule has 2 rings (SSSR count). The van der Waals surface area contributed by atoms with Gasteiger partial charge < -0.3 is 5.32 Å². The fourth-order valence-corrected chi connectivity index (χ4v) is 2.73. The highest BCUT2D eigenvalue weighted by atomic mass is 32.2. The summed E-state index contributed by atoms with van der Waals surface area (Å²) in [6.45, 7) is 0.412. The summed E-state index contributed by atoms with van der Waals surface area (Å²) in [5.74, 6) is -1.23. The Bertz CT molecular complexity index is 688. The van der Waals surface area contributed by atoms with E-state index in [1.807, 2.05) is 0 Å². The van der Waals surface area contributed by atoms with E-state index in [4.69, 9.17) is 4.55 Å². The van der Waals surface area contributed by atoms with Crippen molar-refractivity contribution in [2.75, 3.05) is 6.54 Å². The van der Waals surface area contributed by atoms with Crippen molar-refractivity contribution in [1.82, 2.24) is 10.6 Å². The van der Waals surface area contributed by atoms with Crippen LogP contribution in [0.4, 0.5) is 13.2 Å². The number of halogens is 3. The minimum Gasteiger partial charge on any atom is -0.336 e. The third-order valence-corrected chi connectivity index (χ3v) is 3.98. The van der Waals surface area contributed by atoms with E-state index < -0.39 is 34.8 Å². The van der Waals surface area contributed by atoms with E-state index in [0.717, 1.165) is 6.07 Å². The van der Waals surface area contributed by atoms with Crippen LogP contribution < -0.4 is 10.6 Å². The predicted molar refractivity (Wildman–Crippen MR) is 69.5 cm³/mol. The van der Waals surface area contributed by atoms with Gasteiger partial charge in [0, 0.05) is 6.54 Å². The van der Waals surface area contributed by atoms with Crippen LogP contribution in [0.2, 0.25) is 0 Å². The van der Waals surface area contributed by atoms with Crippen molar-refractivity contribution < 1.29 is 30.9 Å². The molecule has 0 aliphatic carbocycles. The first-order chi connectivity index (χ1) is 10.1. The van der Waals surface area contributed by atoms with Gasteiger partial charge in [-0.25, -0.2) is 0 Å². The van der Waals surface area contributed by atoms with Crippen LogP contribution in [0.15, 0.2) is 23.1 Å². The molecule has 1 unspecified atom stereocenters. The number of nitrogens with one attached hydrogen (secondary N) is 2. The molecule has 0 saturated carbocycles. The minimum absolute atomic E-state index is 0.317. The predicted octanol–water partition coefficient (Wildman–Crippen LogP) is 1.15. The number of fused-ring (bicyclic) bond motifs is 1. The fraction of sp³-hybridized carbons (Fsp3) is 0.417. The Morgan fingerprint density at radius 1 is 1.41 bits per heavy atom. The molecule has 1 heterocycles. The molecule has 1 aliphatic rings. The van der Waals surface area contributed by atoms with Crippen molar-refractivity contribution in [1.29, 1.82) is 0 Å². The number of hydrogen-bond donors (Lipinski definition) is 3. The zero-order valence-corrected chi connectivity index (χ0v) is 12.0. The van der Waals surface area contributed by atoms with Gasteiger partial charge in [-0.15, -0.1) is 0 Å². The van der Waals surface area contributed by atoms with Gasteiger partial charge >= 0.3 is 6.18 Å². The standard InChI is InChI=1S/C12H13F3N2O4S/c13-12(14,15)6-10(18)17-11-9-5-8(22(19,20)21)2-1-7(9)3-4-16-11/h1-2,5,11,16H,3-4,6H2,(H,17,18)(H,19,20,21). The van der Waals surface area contributed by atoms with Crippen LogP contribution in [0.1, 0.15) is 23.7 Å². The molecule has 1 amide bonds. The van der Waals surface area contributed by atoms with E-state index in [-0.39, 0.29) is 4.90 Å². The molecule has 0 fully saturated rings. The summed E-state index contributed by atoms with van der Waals surface area (Å²) in [7, 11) is -4.44. The van der Waals surface area contributed by atoms with Crippen LogP contribution in [0, 0.1) is 0 Å². The number of carbonyl (C=O) groups is 1. The van der Waals surface area contributed by atoms with Crippen molar-refractivity contribution in [3.05, 3.63) is 29.3 Å². The van der Waals surface area contributed by atoms with E-state index in [1.54, 1.807) is 0 Å². The largest absolute Gasteiger partial charge is 0.397 e. The van der Waals surface area contributed by atoms with Crippen LogP contribution in [-0.4, -0.2) is 31.6 Å². The van der Waals surface area contributed by atoms with Gasteiger partial charge in [0.25, 0.3) is 10.1 Å². The number of amides is 1. The van der Waals surface area contributed by atoms with Crippen LogP contribution in [0.25, 0.3) is 0 Å². The number of benzene rings is 1. The van der Waals surface area contributed by atoms with E-state index >= 15 is 0 Å². The van der Waals surface area contributed by atoms with Gasteiger partial charge in [-0.3, -0.25) is 14.7 Å².